The highest BCUT2D eigenvalue weighted by Crippen LogP contribution is 2.36. The van der Waals surface area contributed by atoms with Crippen molar-refractivity contribution in [2.24, 2.45) is 0 Å². The van der Waals surface area contributed by atoms with Gasteiger partial charge in [0.05, 0.1) is 16.1 Å². The second kappa shape index (κ2) is 5.90. The highest BCUT2D eigenvalue weighted by molar-refractivity contribution is 6.89. The molecule has 0 N–H and O–H groups in total. The van der Waals surface area contributed by atoms with Crippen LogP contribution in [0.4, 0.5) is 0 Å². The van der Waals surface area contributed by atoms with Crippen LogP contribution in [0, 0.1) is 0 Å². The van der Waals surface area contributed by atoms with Crippen LogP contribution in [0.3, 0.4) is 0 Å². The van der Waals surface area contributed by atoms with Crippen molar-refractivity contribution in [3.63, 3.8) is 0 Å². The van der Waals surface area contributed by atoms with E-state index in [2.05, 4.69) is 0 Å². The zero-order chi connectivity index (χ0) is 12.6. The predicted octanol–water partition coefficient (Wildman–Crippen LogP) is 3.25. The van der Waals surface area contributed by atoms with Gasteiger partial charge in [-0.05, 0) is 0 Å². The molecule has 0 saturated carbocycles. The minimum absolute atomic E-state index is 0.181. The normalized spacial score (nSPS) is 42.4. The van der Waals surface area contributed by atoms with Gasteiger partial charge in [0.25, 0.3) is 0 Å². The molecule has 1 fully saturated rings. The van der Waals surface area contributed by atoms with Crippen molar-refractivity contribution in [1.82, 2.24) is 0 Å². The SMILES string of the molecule is ClC1C(Cl)C(Cl)[SiH](c2ccccc2)C(Cl)C1Cl. The molecule has 0 nitrogen and oxygen atoms in total. The fraction of sp³-hybridized carbons (Fsp3) is 0.455. The maximum Gasteiger partial charge on any atom is 0.114 e. The Morgan fingerprint density at radius 1 is 0.706 bits per heavy atom. The standard InChI is InChI=1S/C11H11Cl5Si/c12-7-8(13)10(15)17(11(16)9(7)14)6-4-2-1-3-5-6/h1-5,7-11,17H. The van der Waals surface area contributed by atoms with E-state index in [1.165, 1.54) is 5.19 Å². The Labute approximate surface area is 128 Å². The van der Waals surface area contributed by atoms with Crippen molar-refractivity contribution in [1.29, 1.82) is 0 Å². The molecule has 4 atom stereocenters. The first-order chi connectivity index (χ1) is 8.04. The average molecular weight is 349 g/mol. The maximum atomic E-state index is 6.42. The van der Waals surface area contributed by atoms with Crippen LogP contribution in [0.25, 0.3) is 0 Å². The summed E-state index contributed by atoms with van der Waals surface area (Å²) in [5.74, 6) is 0. The summed E-state index contributed by atoms with van der Waals surface area (Å²) in [6, 6.07) is 10.0. The van der Waals surface area contributed by atoms with Crippen LogP contribution in [-0.4, -0.2) is 34.9 Å². The predicted molar refractivity (Wildman–Crippen MR) is 81.4 cm³/mol. The fourth-order valence-electron chi connectivity index (χ4n) is 2.14. The molecule has 6 heteroatoms. The van der Waals surface area contributed by atoms with Crippen LogP contribution in [0.2, 0.25) is 0 Å². The van der Waals surface area contributed by atoms with Crippen LogP contribution < -0.4 is 5.19 Å². The molecule has 1 aliphatic heterocycles. The van der Waals surface area contributed by atoms with E-state index in [9.17, 15) is 0 Å². The summed E-state index contributed by atoms with van der Waals surface area (Å²) in [4.78, 5) is 0. The lowest BCUT2D eigenvalue weighted by atomic mass is 10.2. The molecule has 1 aromatic rings. The summed E-state index contributed by atoms with van der Waals surface area (Å²) in [6.07, 6.45) is 0. The Morgan fingerprint density at radius 3 is 1.65 bits per heavy atom. The molecule has 4 unspecified atom stereocenters. The molecule has 1 aliphatic rings. The summed E-state index contributed by atoms with van der Waals surface area (Å²) < 4.78 is 0. The molecule has 0 amide bonds. The van der Waals surface area contributed by atoms with Gasteiger partial charge in [-0.25, -0.2) is 0 Å². The second-order valence-electron chi connectivity index (χ2n) is 4.16. The van der Waals surface area contributed by atoms with Gasteiger partial charge in [0.2, 0.25) is 0 Å². The van der Waals surface area contributed by atoms with Crippen molar-refractivity contribution in [3.05, 3.63) is 30.3 Å². The van der Waals surface area contributed by atoms with Crippen molar-refractivity contribution < 1.29 is 0 Å². The van der Waals surface area contributed by atoms with Gasteiger partial charge in [0.1, 0.15) is 8.80 Å². The Bertz CT molecular complexity index is 357. The lowest BCUT2D eigenvalue weighted by molar-refractivity contribution is 0.719. The monoisotopic (exact) mass is 346 g/mol. The summed E-state index contributed by atoms with van der Waals surface area (Å²) in [5.41, 5.74) is 0. The van der Waals surface area contributed by atoms with E-state index in [0.717, 1.165) is 0 Å². The summed E-state index contributed by atoms with van der Waals surface area (Å²) >= 11 is 31.5. The van der Waals surface area contributed by atoms with Crippen LogP contribution >= 0.6 is 58.0 Å². The minimum Gasteiger partial charge on any atom is -0.125 e. The van der Waals surface area contributed by atoms with Crippen molar-refractivity contribution in [3.8, 4) is 0 Å². The van der Waals surface area contributed by atoms with Gasteiger partial charge < -0.3 is 0 Å². The fourth-order valence-corrected chi connectivity index (χ4v) is 9.59. The maximum absolute atomic E-state index is 6.42. The smallest absolute Gasteiger partial charge is 0.114 e. The second-order valence-corrected chi connectivity index (χ2v) is 10.7. The van der Waals surface area contributed by atoms with Gasteiger partial charge in [-0.15, -0.1) is 58.0 Å². The molecule has 0 spiro atoms. The molecule has 0 radical (unpaired) electrons. The first-order valence-electron chi connectivity index (χ1n) is 5.29. The van der Waals surface area contributed by atoms with Crippen molar-refractivity contribution >= 4 is 72.0 Å². The molecule has 0 aromatic heterocycles. The van der Waals surface area contributed by atoms with E-state index < -0.39 is 8.80 Å². The highest BCUT2D eigenvalue weighted by Gasteiger charge is 2.49. The first kappa shape index (κ1) is 14.3. The van der Waals surface area contributed by atoms with Crippen molar-refractivity contribution in [2.45, 2.75) is 26.1 Å². The number of halogens is 5. The number of hydrogen-bond donors (Lipinski definition) is 0. The third-order valence-corrected chi connectivity index (χ3v) is 11.2. The molecule has 2 rings (SSSR count). The summed E-state index contributed by atoms with van der Waals surface area (Å²) in [6.45, 7) is 0. The molecule has 1 saturated heterocycles. The Balaban J connectivity index is 2.33. The van der Waals surface area contributed by atoms with E-state index in [1.54, 1.807) is 0 Å². The Hall–Kier alpha value is 0.887. The third-order valence-electron chi connectivity index (χ3n) is 3.09. The van der Waals surface area contributed by atoms with E-state index in [1.807, 2.05) is 30.3 Å². The largest absolute Gasteiger partial charge is 0.125 e. The van der Waals surface area contributed by atoms with Crippen molar-refractivity contribution in [2.75, 3.05) is 0 Å². The lowest BCUT2D eigenvalue weighted by Crippen LogP contribution is -2.62. The summed E-state index contributed by atoms with van der Waals surface area (Å²) in [5, 5.41) is -0.207. The molecule has 0 aliphatic carbocycles. The molecular weight excluding hydrogens is 337 g/mol. The van der Waals surface area contributed by atoms with Crippen LogP contribution in [0.15, 0.2) is 30.3 Å². The van der Waals surface area contributed by atoms with E-state index >= 15 is 0 Å². The number of hydrogen-bond acceptors (Lipinski definition) is 0. The van der Waals surface area contributed by atoms with Gasteiger partial charge in [-0.2, -0.15) is 0 Å². The zero-order valence-corrected chi connectivity index (χ0v) is 13.7. The first-order valence-corrected chi connectivity index (χ1v) is 9.38. The van der Waals surface area contributed by atoms with Gasteiger partial charge in [0, 0.05) is 10.0 Å². The van der Waals surface area contributed by atoms with E-state index in [-0.39, 0.29) is 26.1 Å². The Morgan fingerprint density at radius 2 is 1.18 bits per heavy atom. The molecular formula is C11H11Cl5Si. The summed E-state index contributed by atoms with van der Waals surface area (Å²) in [7, 11) is -1.64. The number of rotatable bonds is 1. The molecule has 17 heavy (non-hydrogen) atoms. The molecule has 1 heterocycles. The Kier molecular flexibility index (Phi) is 4.96. The molecule has 1 aromatic carbocycles. The van der Waals surface area contributed by atoms with E-state index in [0.29, 0.717) is 0 Å². The molecule has 0 bridgehead atoms. The van der Waals surface area contributed by atoms with Gasteiger partial charge in [-0.3, -0.25) is 0 Å². The third kappa shape index (κ3) is 2.75. The van der Waals surface area contributed by atoms with Crippen LogP contribution in [0.1, 0.15) is 0 Å². The highest BCUT2D eigenvalue weighted by atomic mass is 35.5. The number of alkyl halides is 5. The van der Waals surface area contributed by atoms with Crippen LogP contribution in [-0.2, 0) is 0 Å². The van der Waals surface area contributed by atoms with E-state index in [4.69, 9.17) is 58.0 Å². The quantitative estimate of drug-likeness (QED) is 0.540. The number of benzene rings is 1. The zero-order valence-electron chi connectivity index (χ0n) is 8.74. The van der Waals surface area contributed by atoms with Crippen LogP contribution in [0.5, 0.6) is 0 Å². The lowest BCUT2D eigenvalue weighted by Gasteiger charge is -2.40. The average Bonchev–Trinajstić information content (AvgIpc) is 2.36. The molecule has 94 valence electrons. The van der Waals surface area contributed by atoms with Gasteiger partial charge >= 0.3 is 0 Å². The topological polar surface area (TPSA) is 0 Å². The minimum atomic E-state index is -1.64. The van der Waals surface area contributed by atoms with Gasteiger partial charge in [-0.1, -0.05) is 35.5 Å². The van der Waals surface area contributed by atoms with Gasteiger partial charge in [0.15, 0.2) is 0 Å².